The molecule has 0 aliphatic carbocycles. The first-order chi connectivity index (χ1) is 9.54. The first-order valence-corrected chi connectivity index (χ1v) is 6.87. The van der Waals surface area contributed by atoms with E-state index in [1.54, 1.807) is 31.3 Å². The van der Waals surface area contributed by atoms with Crippen molar-refractivity contribution >= 4 is 27.5 Å². The van der Waals surface area contributed by atoms with Crippen molar-refractivity contribution in [1.82, 2.24) is 0 Å². The fourth-order valence-electron chi connectivity index (χ4n) is 1.94. The van der Waals surface area contributed by atoms with E-state index in [-0.39, 0.29) is 5.91 Å². The quantitative estimate of drug-likeness (QED) is 0.838. The number of aryl methyl sites for hydroxylation is 1. The Morgan fingerprint density at radius 3 is 2.60 bits per heavy atom. The molecule has 0 N–H and O–H groups in total. The zero-order valence-electron chi connectivity index (χ0n) is 11.2. The van der Waals surface area contributed by atoms with Crippen molar-refractivity contribution in [3.8, 4) is 6.07 Å². The SMILES string of the molecule is Cc1cc(C(=O)N(C)c2ccccc2C#N)ccc1Br. The lowest BCUT2D eigenvalue weighted by atomic mass is 10.1. The molecule has 2 rings (SSSR count). The van der Waals surface area contributed by atoms with Crippen molar-refractivity contribution in [2.75, 3.05) is 11.9 Å². The summed E-state index contributed by atoms with van der Waals surface area (Å²) in [5.74, 6) is -0.136. The predicted molar refractivity (Wildman–Crippen MR) is 82.8 cm³/mol. The molecule has 0 aromatic heterocycles. The molecular weight excluding hydrogens is 316 g/mol. The molecule has 0 aliphatic heterocycles. The van der Waals surface area contributed by atoms with E-state index in [0.29, 0.717) is 16.8 Å². The summed E-state index contributed by atoms with van der Waals surface area (Å²) in [7, 11) is 1.68. The van der Waals surface area contributed by atoms with Gasteiger partial charge in [0.05, 0.1) is 11.3 Å². The van der Waals surface area contributed by atoms with Crippen molar-refractivity contribution in [2.45, 2.75) is 6.92 Å². The molecule has 0 saturated heterocycles. The van der Waals surface area contributed by atoms with Crippen LogP contribution in [0.3, 0.4) is 0 Å². The van der Waals surface area contributed by atoms with E-state index in [9.17, 15) is 4.79 Å². The molecule has 4 heteroatoms. The molecule has 0 fully saturated rings. The van der Waals surface area contributed by atoms with Crippen molar-refractivity contribution in [3.63, 3.8) is 0 Å². The van der Waals surface area contributed by atoms with Gasteiger partial charge in [-0.2, -0.15) is 5.26 Å². The maximum absolute atomic E-state index is 12.5. The van der Waals surface area contributed by atoms with Crippen molar-refractivity contribution in [1.29, 1.82) is 5.26 Å². The molecule has 0 heterocycles. The summed E-state index contributed by atoms with van der Waals surface area (Å²) in [6.07, 6.45) is 0. The second-order valence-electron chi connectivity index (χ2n) is 4.46. The number of carbonyl (C=O) groups is 1. The summed E-state index contributed by atoms with van der Waals surface area (Å²) >= 11 is 3.42. The van der Waals surface area contributed by atoms with E-state index in [2.05, 4.69) is 22.0 Å². The second-order valence-corrected chi connectivity index (χ2v) is 5.31. The molecule has 0 bridgehead atoms. The van der Waals surface area contributed by atoms with Gasteiger partial charge in [-0.25, -0.2) is 0 Å². The van der Waals surface area contributed by atoms with Gasteiger partial charge in [0.1, 0.15) is 6.07 Å². The minimum absolute atomic E-state index is 0.136. The van der Waals surface area contributed by atoms with Gasteiger partial charge in [-0.3, -0.25) is 4.79 Å². The molecule has 0 unspecified atom stereocenters. The summed E-state index contributed by atoms with van der Waals surface area (Å²) in [5.41, 5.74) is 2.69. The molecule has 2 aromatic carbocycles. The number of hydrogen-bond donors (Lipinski definition) is 0. The molecular formula is C16H13BrN2O. The highest BCUT2D eigenvalue weighted by Crippen LogP contribution is 2.22. The highest BCUT2D eigenvalue weighted by molar-refractivity contribution is 9.10. The third-order valence-electron chi connectivity index (χ3n) is 3.10. The van der Waals surface area contributed by atoms with Crippen LogP contribution in [-0.2, 0) is 0 Å². The molecule has 0 spiro atoms. The summed E-state index contributed by atoms with van der Waals surface area (Å²) in [6, 6.07) is 14.6. The Balaban J connectivity index is 2.38. The Hall–Kier alpha value is -2.12. The van der Waals surface area contributed by atoms with E-state index in [1.807, 2.05) is 25.1 Å². The maximum Gasteiger partial charge on any atom is 0.258 e. The fraction of sp³-hybridized carbons (Fsp3) is 0.125. The standard InChI is InChI=1S/C16H13BrN2O/c1-11-9-12(7-8-14(11)17)16(20)19(2)15-6-4-3-5-13(15)10-18/h3-9H,1-2H3. The lowest BCUT2D eigenvalue weighted by Crippen LogP contribution is -2.27. The molecule has 2 aromatic rings. The minimum Gasteiger partial charge on any atom is -0.310 e. The summed E-state index contributed by atoms with van der Waals surface area (Å²) in [4.78, 5) is 14.0. The van der Waals surface area contributed by atoms with Crippen LogP contribution >= 0.6 is 15.9 Å². The van der Waals surface area contributed by atoms with Crippen LogP contribution in [0.4, 0.5) is 5.69 Å². The van der Waals surface area contributed by atoms with E-state index in [4.69, 9.17) is 5.26 Å². The van der Waals surface area contributed by atoms with Crippen LogP contribution < -0.4 is 4.90 Å². The number of rotatable bonds is 2. The number of carbonyl (C=O) groups excluding carboxylic acids is 1. The van der Waals surface area contributed by atoms with Gasteiger partial charge >= 0.3 is 0 Å². The highest BCUT2D eigenvalue weighted by Gasteiger charge is 2.16. The van der Waals surface area contributed by atoms with Crippen molar-refractivity contribution in [3.05, 3.63) is 63.6 Å². The summed E-state index contributed by atoms with van der Waals surface area (Å²) < 4.78 is 0.967. The van der Waals surface area contributed by atoms with Crippen LogP contribution in [-0.4, -0.2) is 13.0 Å². The average Bonchev–Trinajstić information content (AvgIpc) is 2.48. The lowest BCUT2D eigenvalue weighted by Gasteiger charge is -2.19. The first kappa shape index (κ1) is 14.3. The molecule has 0 saturated carbocycles. The molecule has 1 amide bonds. The van der Waals surface area contributed by atoms with Crippen LogP contribution in [0.15, 0.2) is 46.9 Å². The van der Waals surface area contributed by atoms with Crippen molar-refractivity contribution in [2.24, 2.45) is 0 Å². The zero-order chi connectivity index (χ0) is 14.7. The number of halogens is 1. The van der Waals surface area contributed by atoms with E-state index in [0.717, 1.165) is 10.0 Å². The topological polar surface area (TPSA) is 44.1 Å². The number of benzene rings is 2. The molecule has 0 atom stereocenters. The summed E-state index contributed by atoms with van der Waals surface area (Å²) in [5, 5.41) is 9.11. The van der Waals surface area contributed by atoms with Crippen LogP contribution in [0.25, 0.3) is 0 Å². The maximum atomic E-state index is 12.5. The Bertz CT molecular complexity index is 704. The van der Waals surface area contributed by atoms with Crippen LogP contribution in [0.5, 0.6) is 0 Å². The third kappa shape index (κ3) is 2.73. The Labute approximate surface area is 126 Å². The average molecular weight is 329 g/mol. The lowest BCUT2D eigenvalue weighted by molar-refractivity contribution is 0.0993. The minimum atomic E-state index is -0.136. The Kier molecular flexibility index (Phi) is 4.21. The summed E-state index contributed by atoms with van der Waals surface area (Å²) in [6.45, 7) is 1.93. The van der Waals surface area contributed by atoms with Crippen molar-refractivity contribution < 1.29 is 4.79 Å². The number of nitrogens with zero attached hydrogens (tertiary/aromatic N) is 2. The van der Waals surface area contributed by atoms with Gasteiger partial charge in [0.15, 0.2) is 0 Å². The monoisotopic (exact) mass is 328 g/mol. The largest absolute Gasteiger partial charge is 0.310 e. The number of nitriles is 1. The zero-order valence-corrected chi connectivity index (χ0v) is 12.8. The van der Waals surface area contributed by atoms with Crippen LogP contribution in [0, 0.1) is 18.3 Å². The van der Waals surface area contributed by atoms with Gasteiger partial charge in [-0.05, 0) is 42.8 Å². The first-order valence-electron chi connectivity index (χ1n) is 6.08. The predicted octanol–water partition coefficient (Wildman–Crippen LogP) is 3.91. The highest BCUT2D eigenvalue weighted by atomic mass is 79.9. The van der Waals surface area contributed by atoms with Gasteiger partial charge < -0.3 is 4.90 Å². The molecule has 0 radical (unpaired) electrons. The number of anilines is 1. The Morgan fingerprint density at radius 2 is 1.95 bits per heavy atom. The van der Waals surface area contributed by atoms with Gasteiger partial charge in [0, 0.05) is 17.1 Å². The van der Waals surface area contributed by atoms with Gasteiger partial charge in [0.25, 0.3) is 5.91 Å². The van der Waals surface area contributed by atoms with Crippen LogP contribution in [0.1, 0.15) is 21.5 Å². The molecule has 3 nitrogen and oxygen atoms in total. The third-order valence-corrected chi connectivity index (χ3v) is 3.99. The van der Waals surface area contributed by atoms with Crippen LogP contribution in [0.2, 0.25) is 0 Å². The van der Waals surface area contributed by atoms with Gasteiger partial charge in [-0.1, -0.05) is 28.1 Å². The van der Waals surface area contributed by atoms with E-state index in [1.165, 1.54) is 4.90 Å². The number of amides is 1. The number of hydrogen-bond acceptors (Lipinski definition) is 2. The number of para-hydroxylation sites is 1. The second kappa shape index (κ2) is 5.89. The molecule has 20 heavy (non-hydrogen) atoms. The molecule has 100 valence electrons. The normalized spacial score (nSPS) is 9.90. The van der Waals surface area contributed by atoms with Gasteiger partial charge in [0.2, 0.25) is 0 Å². The van der Waals surface area contributed by atoms with E-state index >= 15 is 0 Å². The van der Waals surface area contributed by atoms with Gasteiger partial charge in [-0.15, -0.1) is 0 Å². The molecule has 0 aliphatic rings. The Morgan fingerprint density at radius 1 is 1.25 bits per heavy atom. The van der Waals surface area contributed by atoms with E-state index < -0.39 is 0 Å². The smallest absolute Gasteiger partial charge is 0.258 e. The fourth-order valence-corrected chi connectivity index (χ4v) is 2.19.